The molecule has 0 unspecified atom stereocenters. The summed E-state index contributed by atoms with van der Waals surface area (Å²) in [4.78, 5) is 18.7. The van der Waals surface area contributed by atoms with E-state index in [0.29, 0.717) is 21.4 Å². The number of nitrogens with one attached hydrogen (secondary N) is 2. The molecule has 138 valence electrons. The van der Waals surface area contributed by atoms with E-state index in [1.54, 1.807) is 12.1 Å². The van der Waals surface area contributed by atoms with E-state index in [1.165, 1.54) is 18.2 Å². The molecule has 27 heavy (non-hydrogen) atoms. The fourth-order valence-electron chi connectivity index (χ4n) is 2.17. The Hall–Kier alpha value is -2.68. The molecule has 0 aliphatic carbocycles. The predicted molar refractivity (Wildman–Crippen MR) is 103 cm³/mol. The van der Waals surface area contributed by atoms with Crippen LogP contribution < -0.4 is 10.6 Å². The average molecular weight is 429 g/mol. The fourth-order valence-corrected chi connectivity index (χ4v) is 2.68. The topological polar surface area (TPSA) is 93.0 Å². The van der Waals surface area contributed by atoms with Crippen LogP contribution in [0.3, 0.4) is 0 Å². The zero-order valence-corrected chi connectivity index (χ0v) is 15.5. The predicted octanol–water partition coefficient (Wildman–Crippen LogP) is 5.97. The van der Waals surface area contributed by atoms with Gasteiger partial charge in [-0.2, -0.15) is 0 Å². The van der Waals surface area contributed by atoms with Crippen LogP contribution in [0, 0.1) is 15.9 Å². The zero-order valence-electron chi connectivity index (χ0n) is 13.2. The highest BCUT2D eigenvalue weighted by Crippen LogP contribution is 2.36. The van der Waals surface area contributed by atoms with Gasteiger partial charge in [-0.05, 0) is 36.4 Å². The van der Waals surface area contributed by atoms with Gasteiger partial charge in [-0.15, -0.1) is 0 Å². The molecule has 2 aromatic carbocycles. The minimum atomic E-state index is -0.658. The zero-order chi connectivity index (χ0) is 19.6. The second-order valence-electron chi connectivity index (χ2n) is 5.18. The van der Waals surface area contributed by atoms with Crippen molar-refractivity contribution in [3.8, 4) is 0 Å². The first-order valence-electron chi connectivity index (χ1n) is 7.28. The van der Waals surface area contributed by atoms with Crippen molar-refractivity contribution in [3.05, 3.63) is 73.7 Å². The number of hydrogen-bond acceptors (Lipinski definition) is 6. The number of halogens is 4. The van der Waals surface area contributed by atoms with E-state index < -0.39 is 16.4 Å². The van der Waals surface area contributed by atoms with Gasteiger partial charge in [0.2, 0.25) is 11.6 Å². The van der Waals surface area contributed by atoms with Crippen LogP contribution in [0.4, 0.5) is 33.1 Å². The fraction of sp³-hybridized carbons (Fsp3) is 0. The van der Waals surface area contributed by atoms with E-state index >= 15 is 0 Å². The molecule has 1 aromatic heterocycles. The van der Waals surface area contributed by atoms with Gasteiger partial charge < -0.3 is 10.6 Å². The van der Waals surface area contributed by atoms with E-state index in [-0.39, 0.29) is 16.7 Å². The summed E-state index contributed by atoms with van der Waals surface area (Å²) in [6.07, 6.45) is 1.13. The Balaban J connectivity index is 2.00. The molecule has 0 radical (unpaired) electrons. The molecule has 0 atom stereocenters. The highest BCUT2D eigenvalue weighted by molar-refractivity contribution is 6.35. The summed E-state index contributed by atoms with van der Waals surface area (Å²) < 4.78 is 13.3. The van der Waals surface area contributed by atoms with E-state index in [1.807, 2.05) is 0 Å². The van der Waals surface area contributed by atoms with Crippen molar-refractivity contribution in [1.82, 2.24) is 9.97 Å². The summed E-state index contributed by atoms with van der Waals surface area (Å²) in [6, 6.07) is 8.40. The lowest BCUT2D eigenvalue weighted by Gasteiger charge is -2.11. The van der Waals surface area contributed by atoms with Crippen molar-refractivity contribution in [2.24, 2.45) is 0 Å². The molecule has 3 aromatic rings. The van der Waals surface area contributed by atoms with Crippen LogP contribution in [0.2, 0.25) is 15.1 Å². The van der Waals surface area contributed by atoms with Crippen molar-refractivity contribution >= 4 is 63.5 Å². The molecule has 1 heterocycles. The van der Waals surface area contributed by atoms with Crippen LogP contribution in [-0.4, -0.2) is 14.9 Å². The summed E-state index contributed by atoms with van der Waals surface area (Å²) in [5.41, 5.74) is 0.214. The van der Waals surface area contributed by atoms with Gasteiger partial charge in [0.15, 0.2) is 0 Å². The highest BCUT2D eigenvalue weighted by atomic mass is 35.5. The SMILES string of the molecule is O=[N+]([O-])c1c(Nc2ccc(F)c(Cl)c2)ncnc1Nc1cc(Cl)ccc1Cl. The number of benzene rings is 2. The lowest BCUT2D eigenvalue weighted by atomic mass is 10.3. The van der Waals surface area contributed by atoms with Crippen molar-refractivity contribution in [2.45, 2.75) is 0 Å². The Morgan fingerprint density at radius 3 is 2.33 bits per heavy atom. The second kappa shape index (κ2) is 7.91. The number of rotatable bonds is 5. The molecule has 0 aliphatic rings. The van der Waals surface area contributed by atoms with Gasteiger partial charge in [-0.25, -0.2) is 14.4 Å². The lowest BCUT2D eigenvalue weighted by molar-refractivity contribution is -0.383. The molecule has 0 amide bonds. The third kappa shape index (κ3) is 4.36. The Morgan fingerprint density at radius 1 is 0.963 bits per heavy atom. The Kier molecular flexibility index (Phi) is 5.59. The molecule has 0 fully saturated rings. The molecule has 11 heteroatoms. The molecule has 0 bridgehead atoms. The Morgan fingerprint density at radius 2 is 1.67 bits per heavy atom. The quantitative estimate of drug-likeness (QED) is 0.384. The largest absolute Gasteiger partial charge is 0.353 e. The summed E-state index contributed by atoms with van der Waals surface area (Å²) in [7, 11) is 0. The van der Waals surface area contributed by atoms with Crippen LogP contribution in [0.25, 0.3) is 0 Å². The monoisotopic (exact) mass is 427 g/mol. The van der Waals surface area contributed by atoms with Gasteiger partial charge in [0, 0.05) is 10.7 Å². The smallest absolute Gasteiger partial charge is 0.334 e. The van der Waals surface area contributed by atoms with Gasteiger partial charge in [0.05, 0.1) is 20.7 Å². The van der Waals surface area contributed by atoms with E-state index in [4.69, 9.17) is 34.8 Å². The number of hydrogen-bond donors (Lipinski definition) is 2. The summed E-state index contributed by atoms with van der Waals surface area (Å²) in [6.45, 7) is 0. The summed E-state index contributed by atoms with van der Waals surface area (Å²) >= 11 is 17.7. The van der Waals surface area contributed by atoms with Gasteiger partial charge in [0.25, 0.3) is 0 Å². The van der Waals surface area contributed by atoms with Crippen LogP contribution in [0.5, 0.6) is 0 Å². The van der Waals surface area contributed by atoms with Crippen molar-refractivity contribution < 1.29 is 9.31 Å². The lowest BCUT2D eigenvalue weighted by Crippen LogP contribution is -2.05. The number of anilines is 4. The first kappa shape index (κ1) is 19.1. The summed E-state index contributed by atoms with van der Waals surface area (Å²) in [5, 5.41) is 17.6. The molecule has 0 saturated carbocycles. The molecule has 0 saturated heterocycles. The van der Waals surface area contributed by atoms with Gasteiger partial charge in [-0.3, -0.25) is 10.1 Å². The molecule has 3 rings (SSSR count). The van der Waals surface area contributed by atoms with Crippen molar-refractivity contribution in [2.75, 3.05) is 10.6 Å². The third-order valence-electron chi connectivity index (χ3n) is 3.37. The van der Waals surface area contributed by atoms with E-state index in [9.17, 15) is 14.5 Å². The highest BCUT2D eigenvalue weighted by Gasteiger charge is 2.24. The van der Waals surface area contributed by atoms with Gasteiger partial charge in [0.1, 0.15) is 12.1 Å². The third-order valence-corrected chi connectivity index (χ3v) is 4.22. The maximum absolute atomic E-state index is 13.3. The van der Waals surface area contributed by atoms with Crippen LogP contribution in [0.1, 0.15) is 0 Å². The van der Waals surface area contributed by atoms with E-state index in [0.717, 1.165) is 12.4 Å². The minimum absolute atomic E-state index is 0.102. The molecule has 7 nitrogen and oxygen atoms in total. The Bertz CT molecular complexity index is 1030. The molecular formula is C16H9Cl3FN5O2. The average Bonchev–Trinajstić information content (AvgIpc) is 2.61. The number of nitrogens with zero attached hydrogens (tertiary/aromatic N) is 3. The number of aromatic nitrogens is 2. The number of nitro groups is 1. The normalized spacial score (nSPS) is 10.5. The minimum Gasteiger partial charge on any atom is -0.334 e. The summed E-state index contributed by atoms with van der Waals surface area (Å²) in [5.74, 6) is -0.828. The van der Waals surface area contributed by atoms with Crippen molar-refractivity contribution in [1.29, 1.82) is 0 Å². The first-order valence-corrected chi connectivity index (χ1v) is 8.42. The van der Waals surface area contributed by atoms with Gasteiger partial charge >= 0.3 is 5.69 Å². The molecular weight excluding hydrogens is 420 g/mol. The van der Waals surface area contributed by atoms with Crippen LogP contribution in [-0.2, 0) is 0 Å². The van der Waals surface area contributed by atoms with E-state index in [2.05, 4.69) is 20.6 Å². The second-order valence-corrected chi connectivity index (χ2v) is 6.43. The Labute approximate surface area is 167 Å². The van der Waals surface area contributed by atoms with Crippen LogP contribution >= 0.6 is 34.8 Å². The maximum Gasteiger partial charge on any atom is 0.353 e. The van der Waals surface area contributed by atoms with Gasteiger partial charge in [-0.1, -0.05) is 34.8 Å². The molecule has 2 N–H and O–H groups in total. The first-order chi connectivity index (χ1) is 12.8. The standard InChI is InChI=1S/C16H9Cl3FN5O2/c17-8-1-3-10(18)13(5-8)24-16-14(25(26)27)15(21-7-22-16)23-9-2-4-12(20)11(19)6-9/h1-7H,(H2,21,22,23,24). The molecule has 0 aliphatic heterocycles. The maximum atomic E-state index is 13.3. The molecule has 0 spiro atoms. The van der Waals surface area contributed by atoms with Crippen LogP contribution in [0.15, 0.2) is 42.7 Å². The van der Waals surface area contributed by atoms with Crippen molar-refractivity contribution in [3.63, 3.8) is 0 Å².